The van der Waals surface area contributed by atoms with E-state index in [1.54, 1.807) is 13.8 Å². The van der Waals surface area contributed by atoms with Crippen molar-refractivity contribution in [1.29, 1.82) is 0 Å². The number of carbonyl (C=O) groups is 1. The van der Waals surface area contributed by atoms with E-state index in [0.717, 1.165) is 0 Å². The maximum absolute atomic E-state index is 11.3. The summed E-state index contributed by atoms with van der Waals surface area (Å²) in [6.07, 6.45) is 0.572. The van der Waals surface area contributed by atoms with Crippen LogP contribution >= 0.6 is 0 Å². The zero-order valence-electron chi connectivity index (χ0n) is 12.8. The van der Waals surface area contributed by atoms with Crippen LogP contribution in [-0.2, 0) is 4.79 Å². The summed E-state index contributed by atoms with van der Waals surface area (Å²) in [6, 6.07) is 4.28. The molecule has 0 aliphatic heterocycles. The lowest BCUT2D eigenvalue weighted by Crippen LogP contribution is -2.30. The van der Waals surface area contributed by atoms with E-state index in [0.29, 0.717) is 6.42 Å². The van der Waals surface area contributed by atoms with Crippen LogP contribution in [0, 0.1) is 26.2 Å². The molecule has 1 unspecified atom stereocenters. The van der Waals surface area contributed by atoms with Gasteiger partial charge in [-0.25, -0.2) is 0 Å². The lowest BCUT2D eigenvalue weighted by atomic mass is 9.82. The van der Waals surface area contributed by atoms with Crippen molar-refractivity contribution in [3.05, 3.63) is 34.4 Å². The van der Waals surface area contributed by atoms with Gasteiger partial charge >= 0.3 is 5.97 Å². The van der Waals surface area contributed by atoms with Crippen LogP contribution in [0.15, 0.2) is 12.1 Å². The molecule has 0 saturated heterocycles. The van der Waals surface area contributed by atoms with Crippen molar-refractivity contribution in [2.45, 2.75) is 47.1 Å². The molecule has 0 radical (unpaired) electrons. The van der Waals surface area contributed by atoms with E-state index in [1.165, 1.54) is 22.3 Å². The third-order valence-electron chi connectivity index (χ3n) is 4.12. The van der Waals surface area contributed by atoms with Crippen molar-refractivity contribution < 1.29 is 9.90 Å². The van der Waals surface area contributed by atoms with Crippen LogP contribution in [0.4, 0.5) is 0 Å². The first-order valence-corrected chi connectivity index (χ1v) is 6.68. The molecule has 1 rings (SSSR count). The van der Waals surface area contributed by atoms with Gasteiger partial charge < -0.3 is 10.4 Å². The first-order valence-electron chi connectivity index (χ1n) is 6.68. The van der Waals surface area contributed by atoms with Crippen LogP contribution < -0.4 is 5.32 Å². The highest BCUT2D eigenvalue weighted by Gasteiger charge is 2.31. The van der Waals surface area contributed by atoms with Crippen molar-refractivity contribution in [1.82, 2.24) is 5.32 Å². The summed E-state index contributed by atoms with van der Waals surface area (Å²) in [5.41, 5.74) is 4.26. The number of hydrogen-bond donors (Lipinski definition) is 2. The van der Waals surface area contributed by atoms with Gasteiger partial charge in [-0.3, -0.25) is 4.79 Å². The number of aliphatic carboxylic acids is 1. The third-order valence-corrected chi connectivity index (χ3v) is 4.12. The molecular formula is C16H25NO2. The fourth-order valence-electron chi connectivity index (χ4n) is 2.32. The van der Waals surface area contributed by atoms with Gasteiger partial charge in [-0.05, 0) is 70.3 Å². The van der Waals surface area contributed by atoms with Gasteiger partial charge in [0.2, 0.25) is 0 Å². The molecule has 2 N–H and O–H groups in total. The van der Waals surface area contributed by atoms with E-state index in [2.05, 4.69) is 38.2 Å². The minimum Gasteiger partial charge on any atom is -0.481 e. The average Bonchev–Trinajstić information content (AvgIpc) is 2.33. The van der Waals surface area contributed by atoms with Crippen LogP contribution in [0.2, 0.25) is 0 Å². The highest BCUT2D eigenvalue weighted by Crippen LogP contribution is 2.32. The van der Waals surface area contributed by atoms with Gasteiger partial charge in [0.15, 0.2) is 0 Å². The summed E-state index contributed by atoms with van der Waals surface area (Å²) in [7, 11) is 1.89. The summed E-state index contributed by atoms with van der Waals surface area (Å²) in [6.45, 7) is 9.87. The Morgan fingerprint density at radius 2 is 1.84 bits per heavy atom. The van der Waals surface area contributed by atoms with Crippen LogP contribution in [0.1, 0.15) is 48.6 Å². The smallest absolute Gasteiger partial charge is 0.309 e. The molecule has 3 nitrogen and oxygen atoms in total. The van der Waals surface area contributed by atoms with Crippen molar-refractivity contribution in [3.8, 4) is 0 Å². The number of hydrogen-bond acceptors (Lipinski definition) is 2. The minimum atomic E-state index is -0.755. The molecule has 19 heavy (non-hydrogen) atoms. The van der Waals surface area contributed by atoms with Gasteiger partial charge in [0, 0.05) is 6.04 Å². The topological polar surface area (TPSA) is 49.3 Å². The number of benzene rings is 1. The van der Waals surface area contributed by atoms with Crippen LogP contribution in [0.3, 0.4) is 0 Å². The Labute approximate surface area is 116 Å². The van der Waals surface area contributed by atoms with Gasteiger partial charge in [-0.2, -0.15) is 0 Å². The Bertz CT molecular complexity index is 478. The predicted octanol–water partition coefficient (Wildman–Crippen LogP) is 3.37. The minimum absolute atomic E-state index is 0.0606. The molecule has 0 fully saturated rings. The van der Waals surface area contributed by atoms with E-state index >= 15 is 0 Å². The molecule has 0 aliphatic carbocycles. The van der Waals surface area contributed by atoms with Crippen LogP contribution in [-0.4, -0.2) is 18.1 Å². The zero-order valence-corrected chi connectivity index (χ0v) is 12.8. The molecule has 0 aliphatic rings. The summed E-state index contributed by atoms with van der Waals surface area (Å²) in [5, 5.41) is 12.5. The molecule has 3 heteroatoms. The number of rotatable bonds is 5. The van der Waals surface area contributed by atoms with Gasteiger partial charge in [0.25, 0.3) is 0 Å². The highest BCUT2D eigenvalue weighted by molar-refractivity contribution is 5.73. The number of nitrogens with one attached hydrogen (secondary N) is 1. The molecular weight excluding hydrogens is 238 g/mol. The summed E-state index contributed by atoms with van der Waals surface area (Å²) < 4.78 is 0. The number of carboxylic acids is 1. The van der Waals surface area contributed by atoms with Crippen LogP contribution in [0.5, 0.6) is 0 Å². The van der Waals surface area contributed by atoms with Gasteiger partial charge in [-0.1, -0.05) is 12.1 Å². The molecule has 1 aromatic rings. The second-order valence-corrected chi connectivity index (χ2v) is 5.96. The lowest BCUT2D eigenvalue weighted by Gasteiger charge is -2.28. The Balaban J connectivity index is 3.12. The lowest BCUT2D eigenvalue weighted by molar-refractivity contribution is -0.147. The Morgan fingerprint density at radius 3 is 2.32 bits per heavy atom. The molecule has 0 amide bonds. The fourth-order valence-corrected chi connectivity index (χ4v) is 2.32. The standard InChI is InChI=1S/C16H25NO2/c1-10-7-8-13(12(3)11(10)2)14(17-6)9-16(4,5)15(18)19/h7-8,14,17H,9H2,1-6H3,(H,18,19). The van der Waals surface area contributed by atoms with Crippen molar-refractivity contribution in [3.63, 3.8) is 0 Å². The Hall–Kier alpha value is -1.35. The van der Waals surface area contributed by atoms with Gasteiger partial charge in [0.1, 0.15) is 0 Å². The predicted molar refractivity (Wildman–Crippen MR) is 78.5 cm³/mol. The van der Waals surface area contributed by atoms with E-state index in [-0.39, 0.29) is 6.04 Å². The van der Waals surface area contributed by atoms with Crippen molar-refractivity contribution in [2.75, 3.05) is 7.05 Å². The van der Waals surface area contributed by atoms with E-state index in [9.17, 15) is 9.90 Å². The second kappa shape index (κ2) is 5.74. The fraction of sp³-hybridized carbons (Fsp3) is 0.562. The molecule has 106 valence electrons. The average molecular weight is 263 g/mol. The summed E-state index contributed by atoms with van der Waals surface area (Å²) in [4.78, 5) is 11.3. The monoisotopic (exact) mass is 263 g/mol. The number of aryl methyl sites for hydroxylation is 1. The summed E-state index contributed by atoms with van der Waals surface area (Å²) in [5.74, 6) is -0.755. The quantitative estimate of drug-likeness (QED) is 0.856. The van der Waals surface area contributed by atoms with E-state index in [4.69, 9.17) is 0 Å². The van der Waals surface area contributed by atoms with Gasteiger partial charge in [0.05, 0.1) is 5.41 Å². The SMILES string of the molecule is CNC(CC(C)(C)C(=O)O)c1ccc(C)c(C)c1C. The van der Waals surface area contributed by atoms with Crippen LogP contribution in [0.25, 0.3) is 0 Å². The maximum Gasteiger partial charge on any atom is 0.309 e. The first-order chi connectivity index (χ1) is 8.70. The Morgan fingerprint density at radius 1 is 1.26 bits per heavy atom. The zero-order chi connectivity index (χ0) is 14.8. The molecule has 1 aromatic carbocycles. The third kappa shape index (κ3) is 3.35. The Kier molecular flexibility index (Phi) is 4.75. The number of carboxylic acid groups (broad SMARTS) is 1. The second-order valence-electron chi connectivity index (χ2n) is 5.96. The largest absolute Gasteiger partial charge is 0.481 e. The van der Waals surface area contributed by atoms with E-state index < -0.39 is 11.4 Å². The molecule has 0 aromatic heterocycles. The maximum atomic E-state index is 11.3. The first kappa shape index (κ1) is 15.7. The van der Waals surface area contributed by atoms with Gasteiger partial charge in [-0.15, -0.1) is 0 Å². The highest BCUT2D eigenvalue weighted by atomic mass is 16.4. The van der Waals surface area contributed by atoms with Crippen molar-refractivity contribution >= 4 is 5.97 Å². The molecule has 0 bridgehead atoms. The van der Waals surface area contributed by atoms with Crippen molar-refractivity contribution in [2.24, 2.45) is 5.41 Å². The van der Waals surface area contributed by atoms with E-state index in [1.807, 2.05) is 7.05 Å². The molecule has 0 heterocycles. The molecule has 0 saturated carbocycles. The summed E-state index contributed by atoms with van der Waals surface area (Å²) >= 11 is 0. The molecule has 0 spiro atoms. The molecule has 1 atom stereocenters. The normalized spacial score (nSPS) is 13.4.